The number of carboxylic acids is 1. The fourth-order valence-electron chi connectivity index (χ4n) is 1.61. The maximum absolute atomic E-state index is 10.2. The minimum atomic E-state index is -0.875. The van der Waals surface area contributed by atoms with E-state index in [1.54, 1.807) is 6.20 Å². The van der Waals surface area contributed by atoms with Gasteiger partial charge in [-0.3, -0.25) is 0 Å². The second-order valence-electron chi connectivity index (χ2n) is 3.26. The molecule has 1 fully saturated rings. The van der Waals surface area contributed by atoms with Crippen LogP contribution in [-0.4, -0.2) is 29.1 Å². The molecule has 0 amide bonds. The zero-order valence-corrected chi connectivity index (χ0v) is 7.36. The van der Waals surface area contributed by atoms with E-state index in [4.69, 9.17) is 5.11 Å². The van der Waals surface area contributed by atoms with E-state index < -0.39 is 5.97 Å². The summed E-state index contributed by atoms with van der Waals surface area (Å²) in [6.45, 7) is 0. The number of carbonyl (C=O) groups is 1. The SMILES string of the molecule is CN(C=CC(=O)O)C1CCCC1. The maximum atomic E-state index is 10.2. The molecule has 0 aromatic rings. The lowest BCUT2D eigenvalue weighted by Crippen LogP contribution is -2.23. The molecular formula is C9H15NO2. The molecule has 1 aliphatic rings. The Balaban J connectivity index is 2.36. The molecule has 0 unspecified atom stereocenters. The number of rotatable bonds is 3. The van der Waals surface area contributed by atoms with E-state index in [0.29, 0.717) is 6.04 Å². The molecule has 1 N–H and O–H groups in total. The minimum Gasteiger partial charge on any atom is -0.478 e. The molecule has 1 aliphatic carbocycles. The fourth-order valence-corrected chi connectivity index (χ4v) is 1.61. The first-order chi connectivity index (χ1) is 5.70. The summed E-state index contributed by atoms with van der Waals surface area (Å²) < 4.78 is 0. The van der Waals surface area contributed by atoms with E-state index in [1.807, 2.05) is 11.9 Å². The maximum Gasteiger partial charge on any atom is 0.329 e. The molecule has 0 radical (unpaired) electrons. The Bertz CT molecular complexity index is 183. The van der Waals surface area contributed by atoms with Crippen molar-refractivity contribution in [1.29, 1.82) is 0 Å². The third-order valence-electron chi connectivity index (χ3n) is 2.35. The second kappa shape index (κ2) is 4.14. The molecule has 0 spiro atoms. The smallest absolute Gasteiger partial charge is 0.329 e. The van der Waals surface area contributed by atoms with Gasteiger partial charge in [0.25, 0.3) is 0 Å². The highest BCUT2D eigenvalue weighted by Gasteiger charge is 2.16. The van der Waals surface area contributed by atoms with Crippen LogP contribution in [0.1, 0.15) is 25.7 Å². The van der Waals surface area contributed by atoms with Crippen LogP contribution in [0.2, 0.25) is 0 Å². The third kappa shape index (κ3) is 2.57. The largest absolute Gasteiger partial charge is 0.478 e. The monoisotopic (exact) mass is 169 g/mol. The van der Waals surface area contributed by atoms with Gasteiger partial charge in [0.15, 0.2) is 0 Å². The molecule has 12 heavy (non-hydrogen) atoms. The van der Waals surface area contributed by atoms with Crippen molar-refractivity contribution in [2.24, 2.45) is 0 Å². The third-order valence-corrected chi connectivity index (χ3v) is 2.35. The molecule has 0 aromatic carbocycles. The molecule has 0 heterocycles. The summed E-state index contributed by atoms with van der Waals surface area (Å²) in [5.41, 5.74) is 0. The van der Waals surface area contributed by atoms with E-state index in [0.717, 1.165) is 0 Å². The highest BCUT2D eigenvalue weighted by Crippen LogP contribution is 2.22. The molecule has 0 aromatic heterocycles. The van der Waals surface area contributed by atoms with Crippen LogP contribution < -0.4 is 0 Å². The van der Waals surface area contributed by atoms with Crippen molar-refractivity contribution in [1.82, 2.24) is 4.90 Å². The van der Waals surface area contributed by atoms with Gasteiger partial charge >= 0.3 is 5.97 Å². The molecule has 0 bridgehead atoms. The quantitative estimate of drug-likeness (QED) is 0.650. The topological polar surface area (TPSA) is 40.5 Å². The van der Waals surface area contributed by atoms with Gasteiger partial charge in [0, 0.05) is 25.4 Å². The van der Waals surface area contributed by atoms with Gasteiger partial charge in [0.05, 0.1) is 0 Å². The van der Waals surface area contributed by atoms with Crippen LogP contribution in [0.5, 0.6) is 0 Å². The Morgan fingerprint density at radius 3 is 2.58 bits per heavy atom. The summed E-state index contributed by atoms with van der Waals surface area (Å²) >= 11 is 0. The van der Waals surface area contributed by atoms with E-state index >= 15 is 0 Å². The van der Waals surface area contributed by atoms with Crippen LogP contribution in [0.25, 0.3) is 0 Å². The summed E-state index contributed by atoms with van der Waals surface area (Å²) in [6.07, 6.45) is 7.78. The van der Waals surface area contributed by atoms with Crippen LogP contribution >= 0.6 is 0 Å². The van der Waals surface area contributed by atoms with Gasteiger partial charge in [-0.15, -0.1) is 0 Å². The van der Waals surface area contributed by atoms with Crippen molar-refractivity contribution in [3.05, 3.63) is 12.3 Å². The first-order valence-corrected chi connectivity index (χ1v) is 4.33. The van der Waals surface area contributed by atoms with Crippen LogP contribution in [0.3, 0.4) is 0 Å². The van der Waals surface area contributed by atoms with Crippen molar-refractivity contribution in [3.8, 4) is 0 Å². The van der Waals surface area contributed by atoms with E-state index in [2.05, 4.69) is 0 Å². The molecular weight excluding hydrogens is 154 g/mol. The summed E-state index contributed by atoms with van der Waals surface area (Å²) in [6, 6.07) is 0.556. The Kier molecular flexibility index (Phi) is 3.14. The van der Waals surface area contributed by atoms with Gasteiger partial charge in [-0.25, -0.2) is 4.79 Å². The molecule has 1 saturated carbocycles. The van der Waals surface area contributed by atoms with Crippen LogP contribution in [-0.2, 0) is 4.79 Å². The standard InChI is InChI=1S/C9H15NO2/c1-10(7-6-9(11)12)8-4-2-3-5-8/h6-8H,2-5H2,1H3,(H,11,12). The molecule has 0 saturated heterocycles. The number of hydrogen-bond donors (Lipinski definition) is 1. The average Bonchev–Trinajstić information content (AvgIpc) is 2.51. The minimum absolute atomic E-state index is 0.556. The van der Waals surface area contributed by atoms with Gasteiger partial charge < -0.3 is 10.0 Å². The van der Waals surface area contributed by atoms with Gasteiger partial charge in [-0.05, 0) is 12.8 Å². The first-order valence-electron chi connectivity index (χ1n) is 4.33. The molecule has 3 nitrogen and oxygen atoms in total. The Morgan fingerprint density at radius 1 is 1.50 bits per heavy atom. The highest BCUT2D eigenvalue weighted by atomic mass is 16.4. The average molecular weight is 169 g/mol. The summed E-state index contributed by atoms with van der Waals surface area (Å²) in [5, 5.41) is 8.39. The molecule has 68 valence electrons. The predicted octanol–water partition coefficient (Wildman–Crippen LogP) is 1.46. The zero-order chi connectivity index (χ0) is 8.97. The van der Waals surface area contributed by atoms with Crippen molar-refractivity contribution < 1.29 is 9.90 Å². The number of carboxylic acid groups (broad SMARTS) is 1. The van der Waals surface area contributed by atoms with Gasteiger partial charge in [0.2, 0.25) is 0 Å². The van der Waals surface area contributed by atoms with Crippen LogP contribution in [0.4, 0.5) is 0 Å². The zero-order valence-electron chi connectivity index (χ0n) is 7.36. The second-order valence-corrected chi connectivity index (χ2v) is 3.26. The van der Waals surface area contributed by atoms with Crippen LogP contribution in [0, 0.1) is 0 Å². The summed E-state index contributed by atoms with van der Waals surface area (Å²) in [7, 11) is 1.94. The predicted molar refractivity (Wildman–Crippen MR) is 46.8 cm³/mol. The van der Waals surface area contributed by atoms with Crippen LogP contribution in [0.15, 0.2) is 12.3 Å². The van der Waals surface area contributed by atoms with Crippen molar-refractivity contribution in [2.45, 2.75) is 31.7 Å². The lowest BCUT2D eigenvalue weighted by atomic mass is 10.2. The Labute approximate surface area is 72.7 Å². The molecule has 0 aliphatic heterocycles. The van der Waals surface area contributed by atoms with E-state index in [-0.39, 0.29) is 0 Å². The Hall–Kier alpha value is -0.990. The van der Waals surface area contributed by atoms with Gasteiger partial charge in [0.1, 0.15) is 0 Å². The van der Waals surface area contributed by atoms with Crippen molar-refractivity contribution in [2.75, 3.05) is 7.05 Å². The summed E-state index contributed by atoms with van der Waals surface area (Å²) in [4.78, 5) is 12.2. The lowest BCUT2D eigenvalue weighted by Gasteiger charge is -2.21. The van der Waals surface area contributed by atoms with E-state index in [9.17, 15) is 4.79 Å². The highest BCUT2D eigenvalue weighted by molar-refractivity contribution is 5.79. The van der Waals surface area contributed by atoms with Gasteiger partial charge in [-0.2, -0.15) is 0 Å². The van der Waals surface area contributed by atoms with E-state index in [1.165, 1.54) is 31.8 Å². The molecule has 3 heteroatoms. The lowest BCUT2D eigenvalue weighted by molar-refractivity contribution is -0.131. The Morgan fingerprint density at radius 2 is 2.08 bits per heavy atom. The number of nitrogens with zero attached hydrogens (tertiary/aromatic N) is 1. The number of aliphatic carboxylic acids is 1. The van der Waals surface area contributed by atoms with Crippen molar-refractivity contribution in [3.63, 3.8) is 0 Å². The molecule has 0 atom stereocenters. The first kappa shape index (κ1) is 9.10. The fraction of sp³-hybridized carbons (Fsp3) is 0.667. The normalized spacial score (nSPS) is 18.8. The summed E-state index contributed by atoms with van der Waals surface area (Å²) in [5.74, 6) is -0.875. The molecule has 1 rings (SSSR count). The number of hydrogen-bond acceptors (Lipinski definition) is 2. The van der Waals surface area contributed by atoms with Crippen molar-refractivity contribution >= 4 is 5.97 Å². The van der Waals surface area contributed by atoms with Gasteiger partial charge in [-0.1, -0.05) is 12.8 Å².